The lowest BCUT2D eigenvalue weighted by Gasteiger charge is -2.11. The van der Waals surface area contributed by atoms with E-state index in [0.717, 1.165) is 16.9 Å². The summed E-state index contributed by atoms with van der Waals surface area (Å²) < 4.78 is 6.98. The summed E-state index contributed by atoms with van der Waals surface area (Å²) in [5.41, 5.74) is 10.3. The van der Waals surface area contributed by atoms with Crippen molar-refractivity contribution in [3.05, 3.63) is 76.1 Å². The molecule has 2 aromatic carbocycles. The topological polar surface area (TPSA) is 70.1 Å². The highest BCUT2D eigenvalue weighted by molar-refractivity contribution is 6.30. The van der Waals surface area contributed by atoms with Gasteiger partial charge in [-0.05, 0) is 43.7 Å². The molecule has 134 valence electrons. The number of rotatable bonds is 5. The van der Waals surface area contributed by atoms with E-state index in [0.29, 0.717) is 35.0 Å². The van der Waals surface area contributed by atoms with Crippen LogP contribution < -0.4 is 5.73 Å². The smallest absolute Gasteiger partial charge is 0.341 e. The molecule has 26 heavy (non-hydrogen) atoms. The lowest BCUT2D eigenvalue weighted by Crippen LogP contribution is -2.11. The van der Waals surface area contributed by atoms with Gasteiger partial charge >= 0.3 is 5.97 Å². The standard InChI is InChI=1S/C20H20ClN3O2/c1-3-26-20(25)19-13(2)23-24(16-9-6-8-15(21)12-16)18(19)11-14-7-4-5-10-17(14)22/h4-10,12H,3,11,22H2,1-2H3. The van der Waals surface area contributed by atoms with Crippen LogP contribution in [0.25, 0.3) is 5.69 Å². The highest BCUT2D eigenvalue weighted by atomic mass is 35.5. The molecule has 0 fully saturated rings. The van der Waals surface area contributed by atoms with Gasteiger partial charge in [0, 0.05) is 17.1 Å². The first kappa shape index (κ1) is 18.0. The molecule has 6 heteroatoms. The van der Waals surface area contributed by atoms with Gasteiger partial charge in [-0.25, -0.2) is 9.48 Å². The van der Waals surface area contributed by atoms with Crippen LogP contribution >= 0.6 is 11.6 Å². The molecule has 0 amide bonds. The molecule has 0 spiro atoms. The van der Waals surface area contributed by atoms with Crippen molar-refractivity contribution in [2.75, 3.05) is 12.3 Å². The quantitative estimate of drug-likeness (QED) is 0.541. The summed E-state index contributed by atoms with van der Waals surface area (Å²) in [6, 6.07) is 14.9. The highest BCUT2D eigenvalue weighted by Crippen LogP contribution is 2.26. The zero-order valence-electron chi connectivity index (χ0n) is 14.7. The van der Waals surface area contributed by atoms with Gasteiger partial charge in [-0.2, -0.15) is 5.10 Å². The lowest BCUT2D eigenvalue weighted by molar-refractivity contribution is 0.0524. The van der Waals surface area contributed by atoms with Crippen LogP contribution in [0.15, 0.2) is 48.5 Å². The molecule has 0 aliphatic heterocycles. The maximum absolute atomic E-state index is 12.5. The normalized spacial score (nSPS) is 10.7. The first-order valence-corrected chi connectivity index (χ1v) is 8.74. The number of nitrogens with two attached hydrogens (primary N) is 1. The van der Waals surface area contributed by atoms with Crippen LogP contribution in [0.4, 0.5) is 5.69 Å². The summed E-state index contributed by atoms with van der Waals surface area (Å²) in [7, 11) is 0. The average molecular weight is 370 g/mol. The van der Waals surface area contributed by atoms with Crippen LogP contribution in [0.5, 0.6) is 0 Å². The number of aromatic nitrogens is 2. The minimum atomic E-state index is -0.386. The van der Waals surface area contributed by atoms with Crippen molar-refractivity contribution in [3.63, 3.8) is 0 Å². The number of hydrogen-bond acceptors (Lipinski definition) is 4. The molecule has 0 radical (unpaired) electrons. The molecule has 0 atom stereocenters. The third-order valence-electron chi connectivity index (χ3n) is 4.10. The fraction of sp³-hybridized carbons (Fsp3) is 0.200. The molecule has 0 saturated heterocycles. The third-order valence-corrected chi connectivity index (χ3v) is 4.34. The maximum atomic E-state index is 12.5. The lowest BCUT2D eigenvalue weighted by atomic mass is 10.0. The van der Waals surface area contributed by atoms with E-state index in [4.69, 9.17) is 22.1 Å². The molecule has 0 unspecified atom stereocenters. The number of halogens is 1. The number of para-hydroxylation sites is 1. The zero-order chi connectivity index (χ0) is 18.7. The Morgan fingerprint density at radius 1 is 1.23 bits per heavy atom. The molecular formula is C20H20ClN3O2. The summed E-state index contributed by atoms with van der Waals surface area (Å²) in [4.78, 5) is 12.5. The summed E-state index contributed by atoms with van der Waals surface area (Å²) in [6.45, 7) is 3.88. The number of esters is 1. The first-order valence-electron chi connectivity index (χ1n) is 8.36. The number of nitrogen functional groups attached to an aromatic ring is 1. The number of anilines is 1. The number of benzene rings is 2. The Balaban J connectivity index is 2.17. The summed E-state index contributed by atoms with van der Waals surface area (Å²) >= 11 is 6.14. The van der Waals surface area contributed by atoms with Crippen LogP contribution in [0.1, 0.15) is 34.2 Å². The van der Waals surface area contributed by atoms with Crippen LogP contribution in [0.2, 0.25) is 5.02 Å². The van der Waals surface area contributed by atoms with Gasteiger partial charge < -0.3 is 10.5 Å². The Hall–Kier alpha value is -2.79. The predicted molar refractivity (Wildman–Crippen MR) is 103 cm³/mol. The largest absolute Gasteiger partial charge is 0.462 e. The summed E-state index contributed by atoms with van der Waals surface area (Å²) in [5, 5.41) is 5.16. The van der Waals surface area contributed by atoms with Crippen molar-refractivity contribution in [1.29, 1.82) is 0 Å². The van der Waals surface area contributed by atoms with E-state index in [1.165, 1.54) is 0 Å². The SMILES string of the molecule is CCOC(=O)c1c(C)nn(-c2cccc(Cl)c2)c1Cc1ccccc1N. The Morgan fingerprint density at radius 2 is 2.00 bits per heavy atom. The van der Waals surface area contributed by atoms with Crippen molar-refractivity contribution in [2.45, 2.75) is 20.3 Å². The number of aryl methyl sites for hydroxylation is 1. The minimum Gasteiger partial charge on any atom is -0.462 e. The molecule has 0 bridgehead atoms. The fourth-order valence-corrected chi connectivity index (χ4v) is 3.09. The maximum Gasteiger partial charge on any atom is 0.341 e. The monoisotopic (exact) mass is 369 g/mol. The molecule has 1 heterocycles. The van der Waals surface area contributed by atoms with Crippen molar-refractivity contribution in [2.24, 2.45) is 0 Å². The molecule has 3 rings (SSSR count). The fourth-order valence-electron chi connectivity index (χ4n) is 2.90. The number of nitrogens with zero attached hydrogens (tertiary/aromatic N) is 2. The van der Waals surface area contributed by atoms with E-state index in [-0.39, 0.29) is 5.97 Å². The Labute approximate surface area is 157 Å². The highest BCUT2D eigenvalue weighted by Gasteiger charge is 2.24. The first-order chi connectivity index (χ1) is 12.5. The molecule has 3 aromatic rings. The molecule has 2 N–H and O–H groups in total. The summed E-state index contributed by atoms with van der Waals surface area (Å²) in [6.07, 6.45) is 0.453. The average Bonchev–Trinajstić information content (AvgIpc) is 2.93. The van der Waals surface area contributed by atoms with Gasteiger partial charge in [0.2, 0.25) is 0 Å². The second-order valence-corrected chi connectivity index (χ2v) is 6.33. The van der Waals surface area contributed by atoms with Crippen LogP contribution in [0, 0.1) is 6.92 Å². The van der Waals surface area contributed by atoms with Gasteiger partial charge in [0.1, 0.15) is 5.56 Å². The Bertz CT molecular complexity index is 950. The van der Waals surface area contributed by atoms with Gasteiger partial charge in [0.15, 0.2) is 0 Å². The summed E-state index contributed by atoms with van der Waals surface area (Å²) in [5.74, 6) is -0.386. The third kappa shape index (κ3) is 3.58. The van der Waals surface area contributed by atoms with E-state index in [2.05, 4.69) is 5.10 Å². The van der Waals surface area contributed by atoms with Gasteiger partial charge in [-0.15, -0.1) is 0 Å². The number of carbonyl (C=O) groups is 1. The zero-order valence-corrected chi connectivity index (χ0v) is 15.5. The number of hydrogen-bond donors (Lipinski definition) is 1. The second-order valence-electron chi connectivity index (χ2n) is 5.89. The van der Waals surface area contributed by atoms with E-state index < -0.39 is 0 Å². The van der Waals surface area contributed by atoms with Crippen LogP contribution in [-0.2, 0) is 11.2 Å². The van der Waals surface area contributed by atoms with E-state index in [9.17, 15) is 4.79 Å². The molecule has 1 aromatic heterocycles. The van der Waals surface area contributed by atoms with E-state index >= 15 is 0 Å². The van der Waals surface area contributed by atoms with Crippen molar-refractivity contribution >= 4 is 23.3 Å². The predicted octanol–water partition coefficient (Wildman–Crippen LogP) is 4.18. The molecule has 0 aliphatic rings. The molecule has 0 saturated carbocycles. The Morgan fingerprint density at radius 3 is 2.69 bits per heavy atom. The Kier molecular flexibility index (Phi) is 5.28. The molecular weight excluding hydrogens is 350 g/mol. The van der Waals surface area contributed by atoms with Gasteiger partial charge in [-0.3, -0.25) is 0 Å². The van der Waals surface area contributed by atoms with E-state index in [1.54, 1.807) is 30.7 Å². The minimum absolute atomic E-state index is 0.299. The number of ether oxygens (including phenoxy) is 1. The van der Waals surface area contributed by atoms with Crippen molar-refractivity contribution in [3.8, 4) is 5.69 Å². The molecule has 5 nitrogen and oxygen atoms in total. The second kappa shape index (κ2) is 7.62. The van der Waals surface area contributed by atoms with Crippen LogP contribution in [-0.4, -0.2) is 22.4 Å². The number of carbonyl (C=O) groups excluding carboxylic acids is 1. The van der Waals surface area contributed by atoms with Crippen LogP contribution in [0.3, 0.4) is 0 Å². The molecule has 0 aliphatic carbocycles. The van der Waals surface area contributed by atoms with Crippen molar-refractivity contribution in [1.82, 2.24) is 9.78 Å². The van der Waals surface area contributed by atoms with E-state index in [1.807, 2.05) is 36.4 Å². The van der Waals surface area contributed by atoms with Gasteiger partial charge in [0.05, 0.1) is 23.7 Å². The van der Waals surface area contributed by atoms with Gasteiger partial charge in [-0.1, -0.05) is 35.9 Å². The van der Waals surface area contributed by atoms with Crippen molar-refractivity contribution < 1.29 is 9.53 Å². The van der Waals surface area contributed by atoms with Gasteiger partial charge in [0.25, 0.3) is 0 Å².